The van der Waals surface area contributed by atoms with Crippen LogP contribution in [0.15, 0.2) is 42.7 Å². The molecular weight excluding hydrogens is 326 g/mol. The summed E-state index contributed by atoms with van der Waals surface area (Å²) in [4.78, 5) is 8.54. The van der Waals surface area contributed by atoms with Gasteiger partial charge in [-0.3, -0.25) is 4.68 Å². The van der Waals surface area contributed by atoms with Gasteiger partial charge in [-0.2, -0.15) is 19.7 Å². The van der Waals surface area contributed by atoms with Crippen molar-refractivity contribution < 1.29 is 0 Å². The Hall–Kier alpha value is -3.22. The van der Waals surface area contributed by atoms with Crippen molar-refractivity contribution in [1.82, 2.24) is 29.4 Å². The van der Waals surface area contributed by atoms with Crippen LogP contribution in [0.25, 0.3) is 5.78 Å². The summed E-state index contributed by atoms with van der Waals surface area (Å²) in [6.07, 6.45) is 1.52. The second-order valence-corrected chi connectivity index (χ2v) is 6.40. The van der Waals surface area contributed by atoms with Crippen LogP contribution in [-0.4, -0.2) is 29.4 Å². The van der Waals surface area contributed by atoms with Gasteiger partial charge in [-0.15, -0.1) is 0 Å². The number of aryl methyl sites for hydroxylation is 2. The lowest BCUT2D eigenvalue weighted by Crippen LogP contribution is -2.09. The number of aromatic nitrogens is 6. The van der Waals surface area contributed by atoms with Crippen molar-refractivity contribution >= 4 is 11.6 Å². The van der Waals surface area contributed by atoms with Crippen LogP contribution in [-0.2, 0) is 13.1 Å². The summed E-state index contributed by atoms with van der Waals surface area (Å²) >= 11 is 0. The molecule has 4 aromatic rings. The molecule has 132 valence electrons. The van der Waals surface area contributed by atoms with Gasteiger partial charge in [0.1, 0.15) is 12.1 Å². The van der Waals surface area contributed by atoms with Crippen LogP contribution in [0.1, 0.15) is 28.2 Å². The van der Waals surface area contributed by atoms with E-state index in [2.05, 4.69) is 56.3 Å². The minimum atomic E-state index is 0.598. The fraction of sp³-hybridized carbons (Fsp3) is 0.263. The predicted molar refractivity (Wildman–Crippen MR) is 100 cm³/mol. The van der Waals surface area contributed by atoms with Crippen molar-refractivity contribution in [2.45, 2.75) is 33.9 Å². The van der Waals surface area contributed by atoms with Gasteiger partial charge in [-0.05, 0) is 26.3 Å². The molecule has 0 aliphatic carbocycles. The van der Waals surface area contributed by atoms with Gasteiger partial charge in [-0.25, -0.2) is 4.98 Å². The highest BCUT2D eigenvalue weighted by atomic mass is 15.4. The monoisotopic (exact) mass is 347 g/mol. The first-order valence-corrected chi connectivity index (χ1v) is 8.60. The predicted octanol–water partition coefficient (Wildman–Crippen LogP) is 2.91. The van der Waals surface area contributed by atoms with E-state index in [0.29, 0.717) is 12.3 Å². The standard InChI is InChI=1S/C19H21N7/c1-13-9-18(26-19(23-13)21-12-22-26)20-10-17-14(2)24-25(15(17)3)11-16-7-5-4-6-8-16/h4-9,12,20H,10-11H2,1-3H3. The molecule has 0 saturated carbocycles. The van der Waals surface area contributed by atoms with Gasteiger partial charge in [0, 0.05) is 29.6 Å². The molecule has 1 aromatic carbocycles. The average Bonchev–Trinajstić information content (AvgIpc) is 3.19. The van der Waals surface area contributed by atoms with Crippen LogP contribution in [0.5, 0.6) is 0 Å². The van der Waals surface area contributed by atoms with Gasteiger partial charge in [-0.1, -0.05) is 30.3 Å². The number of nitrogens with zero attached hydrogens (tertiary/aromatic N) is 6. The van der Waals surface area contributed by atoms with Crippen LogP contribution in [0.2, 0.25) is 0 Å². The summed E-state index contributed by atoms with van der Waals surface area (Å²) in [5.74, 6) is 1.47. The molecule has 0 amide bonds. The summed E-state index contributed by atoms with van der Waals surface area (Å²) in [6, 6.07) is 12.4. The molecular formula is C19H21N7. The minimum Gasteiger partial charge on any atom is -0.366 e. The number of anilines is 1. The maximum Gasteiger partial charge on any atom is 0.254 e. The van der Waals surface area contributed by atoms with Gasteiger partial charge < -0.3 is 5.32 Å². The maximum absolute atomic E-state index is 4.72. The highest BCUT2D eigenvalue weighted by Crippen LogP contribution is 2.18. The molecule has 0 aliphatic heterocycles. The molecule has 0 bridgehead atoms. The number of rotatable bonds is 5. The normalized spacial score (nSPS) is 11.2. The Morgan fingerprint density at radius 3 is 2.69 bits per heavy atom. The molecule has 7 nitrogen and oxygen atoms in total. The number of fused-ring (bicyclic) bond motifs is 1. The highest BCUT2D eigenvalue weighted by molar-refractivity contribution is 5.45. The third-order valence-electron chi connectivity index (χ3n) is 4.53. The maximum atomic E-state index is 4.72. The Kier molecular flexibility index (Phi) is 4.12. The van der Waals surface area contributed by atoms with Crippen molar-refractivity contribution in [3.8, 4) is 0 Å². The lowest BCUT2D eigenvalue weighted by molar-refractivity contribution is 0.658. The van der Waals surface area contributed by atoms with E-state index in [1.807, 2.05) is 26.0 Å². The molecule has 3 heterocycles. The Labute approximate surface area is 151 Å². The van der Waals surface area contributed by atoms with Crippen LogP contribution < -0.4 is 5.32 Å². The van der Waals surface area contributed by atoms with Gasteiger partial charge in [0.05, 0.1) is 12.2 Å². The lowest BCUT2D eigenvalue weighted by atomic mass is 10.2. The second-order valence-electron chi connectivity index (χ2n) is 6.40. The highest BCUT2D eigenvalue weighted by Gasteiger charge is 2.13. The smallest absolute Gasteiger partial charge is 0.254 e. The minimum absolute atomic E-state index is 0.598. The van der Waals surface area contributed by atoms with Crippen molar-refractivity contribution in [2.24, 2.45) is 0 Å². The van der Waals surface area contributed by atoms with E-state index in [1.54, 1.807) is 4.52 Å². The van der Waals surface area contributed by atoms with Crippen molar-refractivity contribution in [3.63, 3.8) is 0 Å². The number of hydrogen-bond donors (Lipinski definition) is 1. The molecule has 0 saturated heterocycles. The molecule has 7 heteroatoms. The van der Waals surface area contributed by atoms with Crippen LogP contribution in [0.3, 0.4) is 0 Å². The SMILES string of the molecule is Cc1cc(NCc2c(C)nn(Cc3ccccc3)c2C)n2ncnc2n1. The van der Waals surface area contributed by atoms with Gasteiger partial charge in [0.2, 0.25) is 0 Å². The molecule has 0 atom stereocenters. The third-order valence-corrected chi connectivity index (χ3v) is 4.53. The zero-order valence-electron chi connectivity index (χ0n) is 15.1. The quantitative estimate of drug-likeness (QED) is 0.601. The topological polar surface area (TPSA) is 72.9 Å². The first-order chi connectivity index (χ1) is 12.6. The summed E-state index contributed by atoms with van der Waals surface area (Å²) < 4.78 is 3.77. The Morgan fingerprint density at radius 2 is 1.88 bits per heavy atom. The lowest BCUT2D eigenvalue weighted by Gasteiger charge is -2.10. The Balaban J connectivity index is 1.58. The largest absolute Gasteiger partial charge is 0.366 e. The molecule has 0 unspecified atom stereocenters. The summed E-state index contributed by atoms with van der Waals surface area (Å²) in [6.45, 7) is 7.56. The van der Waals surface area contributed by atoms with Crippen molar-refractivity contribution in [1.29, 1.82) is 0 Å². The zero-order chi connectivity index (χ0) is 18.1. The van der Waals surface area contributed by atoms with Crippen LogP contribution >= 0.6 is 0 Å². The van der Waals surface area contributed by atoms with E-state index in [9.17, 15) is 0 Å². The van der Waals surface area contributed by atoms with Crippen LogP contribution in [0.4, 0.5) is 5.82 Å². The molecule has 26 heavy (non-hydrogen) atoms. The van der Waals surface area contributed by atoms with E-state index < -0.39 is 0 Å². The summed E-state index contributed by atoms with van der Waals surface area (Å²) in [5, 5.41) is 12.4. The van der Waals surface area contributed by atoms with E-state index >= 15 is 0 Å². The first kappa shape index (κ1) is 16.3. The molecule has 3 aromatic heterocycles. The number of nitrogens with one attached hydrogen (secondary N) is 1. The summed E-state index contributed by atoms with van der Waals surface area (Å²) in [5.41, 5.74) is 5.54. The van der Waals surface area contributed by atoms with Gasteiger partial charge >= 0.3 is 0 Å². The fourth-order valence-corrected chi connectivity index (χ4v) is 3.14. The molecule has 0 spiro atoms. The fourth-order valence-electron chi connectivity index (χ4n) is 3.14. The molecule has 0 radical (unpaired) electrons. The van der Waals surface area contributed by atoms with E-state index in [-0.39, 0.29) is 0 Å². The molecule has 0 fully saturated rings. The molecule has 1 N–H and O–H groups in total. The van der Waals surface area contributed by atoms with E-state index in [4.69, 9.17) is 5.10 Å². The first-order valence-electron chi connectivity index (χ1n) is 8.60. The van der Waals surface area contributed by atoms with E-state index in [1.165, 1.54) is 23.1 Å². The second kappa shape index (κ2) is 6.59. The van der Waals surface area contributed by atoms with Crippen molar-refractivity contribution in [2.75, 3.05) is 5.32 Å². The summed E-state index contributed by atoms with van der Waals surface area (Å²) in [7, 11) is 0. The van der Waals surface area contributed by atoms with Gasteiger partial charge in [0.25, 0.3) is 5.78 Å². The molecule has 4 rings (SSSR count). The van der Waals surface area contributed by atoms with Crippen molar-refractivity contribution in [3.05, 3.63) is 70.9 Å². The van der Waals surface area contributed by atoms with Gasteiger partial charge in [0.15, 0.2) is 0 Å². The third kappa shape index (κ3) is 3.03. The molecule has 0 aliphatic rings. The van der Waals surface area contributed by atoms with Crippen LogP contribution in [0, 0.1) is 20.8 Å². The van der Waals surface area contributed by atoms with E-state index in [0.717, 1.165) is 23.8 Å². The zero-order valence-corrected chi connectivity index (χ0v) is 15.1. The number of benzene rings is 1. The Morgan fingerprint density at radius 1 is 1.08 bits per heavy atom. The average molecular weight is 347 g/mol. The Bertz CT molecular complexity index is 1050. The number of hydrogen-bond acceptors (Lipinski definition) is 5.